The number of amides is 1. The van der Waals surface area contributed by atoms with Crippen molar-refractivity contribution in [1.29, 1.82) is 0 Å². The Hall–Kier alpha value is -3.72. The molecule has 2 aromatic heterocycles. The molecule has 0 aliphatic rings. The zero-order chi connectivity index (χ0) is 28.9. The Morgan fingerprint density at radius 1 is 0.800 bits per heavy atom. The first kappa shape index (κ1) is 29.3. The van der Waals surface area contributed by atoms with Gasteiger partial charge in [0.05, 0.1) is 16.9 Å². The van der Waals surface area contributed by atoms with E-state index < -0.39 is 38.0 Å². The summed E-state index contributed by atoms with van der Waals surface area (Å²) in [6.45, 7) is 3.40. The van der Waals surface area contributed by atoms with Gasteiger partial charge < -0.3 is 10.1 Å². The molecule has 0 spiro atoms. The summed E-state index contributed by atoms with van der Waals surface area (Å²) in [5, 5.41) is 5.85. The van der Waals surface area contributed by atoms with E-state index in [4.69, 9.17) is 4.74 Å². The zero-order valence-electron chi connectivity index (χ0n) is 21.3. The highest BCUT2D eigenvalue weighted by Crippen LogP contribution is 2.27. The Bertz CT molecular complexity index is 1620. The van der Waals surface area contributed by atoms with Crippen LogP contribution >= 0.6 is 22.7 Å². The molecule has 2 heterocycles. The molecule has 0 saturated heterocycles. The summed E-state index contributed by atoms with van der Waals surface area (Å²) in [5.41, 5.74) is 1.28. The first-order chi connectivity index (χ1) is 19.0. The highest BCUT2D eigenvalue weighted by Gasteiger charge is 2.23. The molecule has 0 saturated carbocycles. The van der Waals surface area contributed by atoms with Crippen LogP contribution in [0.4, 0.5) is 17.1 Å². The van der Waals surface area contributed by atoms with Gasteiger partial charge in [-0.05, 0) is 72.1 Å². The molecule has 0 fully saturated rings. The normalized spacial score (nSPS) is 12.3. The number of esters is 1. The van der Waals surface area contributed by atoms with E-state index in [2.05, 4.69) is 14.8 Å². The molecule has 0 aliphatic carbocycles. The lowest BCUT2D eigenvalue weighted by atomic mass is 10.1. The van der Waals surface area contributed by atoms with Crippen molar-refractivity contribution in [2.24, 2.45) is 0 Å². The Balaban J connectivity index is 1.57. The van der Waals surface area contributed by atoms with Crippen LogP contribution < -0.4 is 14.8 Å². The van der Waals surface area contributed by atoms with Crippen LogP contribution in [0.15, 0.2) is 85.9 Å². The van der Waals surface area contributed by atoms with E-state index >= 15 is 0 Å². The van der Waals surface area contributed by atoms with Crippen molar-refractivity contribution in [3.8, 4) is 0 Å². The number of aryl methyl sites for hydroxylation is 1. The number of nitrogens with one attached hydrogen (secondary N) is 3. The minimum atomic E-state index is -4.02. The van der Waals surface area contributed by atoms with Gasteiger partial charge in [-0.25, -0.2) is 21.6 Å². The average molecular weight is 620 g/mol. The highest BCUT2D eigenvalue weighted by atomic mass is 32.3. The third-order valence-corrected chi connectivity index (χ3v) is 11.0. The number of hydrogen-bond acceptors (Lipinski definition) is 9. The molecular formula is C26H25N3O7S4. The molecule has 0 bridgehead atoms. The number of hydrogen-bond donors (Lipinski definition) is 3. The fourth-order valence-corrected chi connectivity index (χ4v) is 7.52. The van der Waals surface area contributed by atoms with Crippen LogP contribution in [0.3, 0.4) is 0 Å². The second kappa shape index (κ2) is 12.2. The van der Waals surface area contributed by atoms with E-state index in [1.54, 1.807) is 35.0 Å². The third-order valence-electron chi connectivity index (χ3n) is 5.48. The number of benzene rings is 2. The van der Waals surface area contributed by atoms with Crippen LogP contribution in [0.5, 0.6) is 0 Å². The van der Waals surface area contributed by atoms with Crippen LogP contribution in [0.25, 0.3) is 0 Å². The second-order valence-corrected chi connectivity index (χ2v) is 14.2. The summed E-state index contributed by atoms with van der Waals surface area (Å²) < 4.78 is 61.3. The molecule has 3 N–H and O–H groups in total. The van der Waals surface area contributed by atoms with Crippen LogP contribution in [0.1, 0.15) is 29.8 Å². The average Bonchev–Trinajstić information content (AvgIpc) is 3.64. The maximum atomic E-state index is 13.0. The first-order valence-electron chi connectivity index (χ1n) is 11.9. The number of sulfonamides is 2. The Morgan fingerprint density at radius 3 is 1.77 bits per heavy atom. The fourth-order valence-electron chi connectivity index (χ4n) is 3.46. The van der Waals surface area contributed by atoms with Crippen LogP contribution in [-0.4, -0.2) is 34.8 Å². The molecule has 0 aliphatic heterocycles. The molecule has 1 atom stereocenters. The van der Waals surface area contributed by atoms with Crippen molar-refractivity contribution in [2.45, 2.75) is 34.8 Å². The number of rotatable bonds is 11. The molecule has 10 nitrogen and oxygen atoms in total. The largest absolute Gasteiger partial charge is 0.449 e. The fraction of sp³-hybridized carbons (Fsp3) is 0.154. The monoisotopic (exact) mass is 619 g/mol. The summed E-state index contributed by atoms with van der Waals surface area (Å²) in [5.74, 6) is -1.54. The third kappa shape index (κ3) is 7.27. The lowest BCUT2D eigenvalue weighted by molar-refractivity contribution is -0.123. The molecule has 14 heteroatoms. The predicted octanol–water partition coefficient (Wildman–Crippen LogP) is 5.16. The van der Waals surface area contributed by atoms with Gasteiger partial charge in [-0.3, -0.25) is 14.2 Å². The number of carbonyl (C=O) groups is 2. The summed E-state index contributed by atoms with van der Waals surface area (Å²) in [6.07, 6.45) is -0.368. The van der Waals surface area contributed by atoms with Gasteiger partial charge in [0, 0.05) is 5.69 Å². The summed E-state index contributed by atoms with van der Waals surface area (Å²) >= 11 is 1.98. The van der Waals surface area contributed by atoms with Crippen molar-refractivity contribution in [1.82, 2.24) is 0 Å². The number of anilines is 3. The van der Waals surface area contributed by atoms with Crippen molar-refractivity contribution in [2.75, 3.05) is 14.8 Å². The predicted molar refractivity (Wildman–Crippen MR) is 156 cm³/mol. The molecule has 1 amide bonds. The molecule has 2 aromatic carbocycles. The van der Waals surface area contributed by atoms with Gasteiger partial charge in [-0.2, -0.15) is 0 Å². The van der Waals surface area contributed by atoms with Gasteiger partial charge in [-0.1, -0.05) is 31.2 Å². The highest BCUT2D eigenvalue weighted by molar-refractivity contribution is 7.95. The Kier molecular flexibility index (Phi) is 8.93. The zero-order valence-corrected chi connectivity index (χ0v) is 24.5. The maximum Gasteiger partial charge on any atom is 0.339 e. The van der Waals surface area contributed by atoms with Crippen LogP contribution in [0.2, 0.25) is 0 Å². The van der Waals surface area contributed by atoms with Gasteiger partial charge in [0.1, 0.15) is 8.42 Å². The summed E-state index contributed by atoms with van der Waals surface area (Å²) in [4.78, 5) is 25.7. The van der Waals surface area contributed by atoms with E-state index in [1.807, 2.05) is 19.1 Å². The molecule has 4 aromatic rings. The van der Waals surface area contributed by atoms with Gasteiger partial charge in [0.15, 0.2) is 6.10 Å². The number of carbonyl (C=O) groups excluding carboxylic acids is 2. The lowest BCUT2D eigenvalue weighted by Crippen LogP contribution is -2.30. The molecule has 210 valence electrons. The van der Waals surface area contributed by atoms with Crippen LogP contribution in [0, 0.1) is 0 Å². The molecule has 0 radical (unpaired) electrons. The quantitative estimate of drug-likeness (QED) is 0.197. The Morgan fingerprint density at radius 2 is 1.32 bits per heavy atom. The van der Waals surface area contributed by atoms with E-state index in [-0.39, 0.29) is 25.4 Å². The number of thiophene rings is 2. The van der Waals surface area contributed by atoms with Crippen molar-refractivity contribution in [3.63, 3.8) is 0 Å². The van der Waals surface area contributed by atoms with E-state index in [0.29, 0.717) is 5.69 Å². The molecular weight excluding hydrogens is 595 g/mol. The topological polar surface area (TPSA) is 148 Å². The smallest absolute Gasteiger partial charge is 0.339 e. The maximum absolute atomic E-state index is 13.0. The summed E-state index contributed by atoms with van der Waals surface area (Å²) in [7, 11) is -8.03. The van der Waals surface area contributed by atoms with Gasteiger partial charge in [0.25, 0.3) is 26.0 Å². The van der Waals surface area contributed by atoms with Crippen molar-refractivity contribution >= 4 is 71.7 Å². The van der Waals surface area contributed by atoms with Crippen molar-refractivity contribution in [3.05, 3.63) is 88.6 Å². The van der Waals surface area contributed by atoms with Gasteiger partial charge >= 0.3 is 5.97 Å². The van der Waals surface area contributed by atoms with E-state index in [0.717, 1.165) is 34.7 Å². The van der Waals surface area contributed by atoms with E-state index in [9.17, 15) is 26.4 Å². The minimum Gasteiger partial charge on any atom is -0.449 e. The minimum absolute atomic E-state index is 0.0264. The lowest BCUT2D eigenvalue weighted by Gasteiger charge is -2.16. The van der Waals surface area contributed by atoms with Gasteiger partial charge in [0.2, 0.25) is 0 Å². The van der Waals surface area contributed by atoms with Gasteiger partial charge in [-0.15, -0.1) is 22.7 Å². The number of ether oxygens (including phenoxy) is 1. The molecule has 40 heavy (non-hydrogen) atoms. The van der Waals surface area contributed by atoms with Crippen LogP contribution in [-0.2, 0) is 36.0 Å². The Labute approximate surface area is 240 Å². The molecule has 4 rings (SSSR count). The second-order valence-electron chi connectivity index (χ2n) is 8.46. The summed E-state index contributed by atoms with van der Waals surface area (Å²) in [6, 6.07) is 16.8. The van der Waals surface area contributed by atoms with E-state index in [1.165, 1.54) is 37.3 Å². The first-order valence-corrected chi connectivity index (χ1v) is 16.6. The standard InChI is InChI=1S/C26H25N3O7S4/c1-3-18-8-10-20(11-9-18)27-25(30)17(2)36-26(31)19-14-21(28-39(32,33)23-6-4-12-37-23)16-22(15-19)29-40(34,35)24-7-5-13-38-24/h4-17,28-29H,3H2,1-2H3,(H,27,30). The SMILES string of the molecule is CCc1ccc(NC(=O)C(C)OC(=O)c2cc(NS(=O)(=O)c3cccs3)cc(NS(=O)(=O)c3cccs3)c2)cc1. The molecule has 1 unspecified atom stereocenters. The van der Waals surface area contributed by atoms with Crippen molar-refractivity contribution < 1.29 is 31.2 Å².